The van der Waals surface area contributed by atoms with Gasteiger partial charge in [0.05, 0.1) is 0 Å². The van der Waals surface area contributed by atoms with Crippen LogP contribution in [0.3, 0.4) is 0 Å². The zero-order valence-corrected chi connectivity index (χ0v) is 10.4. The third kappa shape index (κ3) is 2.07. The number of hydrogen-bond donors (Lipinski definition) is 1. The van der Waals surface area contributed by atoms with E-state index in [2.05, 4.69) is 39.0 Å². The Morgan fingerprint density at radius 1 is 1.44 bits per heavy atom. The van der Waals surface area contributed by atoms with Gasteiger partial charge in [0.1, 0.15) is 11.9 Å². The molecule has 0 fully saturated rings. The zero-order chi connectivity index (χ0) is 11.8. The Bertz CT molecular complexity index is 384. The van der Waals surface area contributed by atoms with E-state index in [0.29, 0.717) is 6.10 Å². The average molecular weight is 219 g/mol. The molecule has 0 saturated heterocycles. The lowest BCUT2D eigenvalue weighted by Crippen LogP contribution is -2.21. The first kappa shape index (κ1) is 11.5. The molecule has 0 bridgehead atoms. The molecule has 1 heterocycles. The smallest absolute Gasteiger partial charge is 0.123 e. The highest BCUT2D eigenvalue weighted by atomic mass is 16.5. The lowest BCUT2D eigenvalue weighted by atomic mass is 9.81. The van der Waals surface area contributed by atoms with Crippen LogP contribution in [-0.4, -0.2) is 12.6 Å². The molecule has 1 aliphatic rings. The van der Waals surface area contributed by atoms with Crippen LogP contribution >= 0.6 is 0 Å². The van der Waals surface area contributed by atoms with Crippen LogP contribution in [-0.2, 0) is 11.8 Å². The lowest BCUT2D eigenvalue weighted by Gasteiger charge is -2.25. The van der Waals surface area contributed by atoms with Gasteiger partial charge < -0.3 is 10.5 Å². The first-order chi connectivity index (χ1) is 7.53. The minimum atomic E-state index is 0.162. The Balaban J connectivity index is 2.28. The first-order valence-electron chi connectivity index (χ1n) is 6.03. The summed E-state index contributed by atoms with van der Waals surface area (Å²) in [5, 5.41) is 0. The number of nitrogens with two attached hydrogens (primary N) is 1. The van der Waals surface area contributed by atoms with Crippen molar-refractivity contribution in [2.45, 2.75) is 45.1 Å². The van der Waals surface area contributed by atoms with E-state index in [1.54, 1.807) is 0 Å². The van der Waals surface area contributed by atoms with Gasteiger partial charge in [-0.25, -0.2) is 0 Å². The number of hydrogen-bond acceptors (Lipinski definition) is 2. The second-order valence-corrected chi connectivity index (χ2v) is 5.38. The van der Waals surface area contributed by atoms with E-state index in [-0.39, 0.29) is 5.41 Å². The van der Waals surface area contributed by atoms with Gasteiger partial charge in [0, 0.05) is 6.42 Å². The van der Waals surface area contributed by atoms with Crippen LogP contribution in [0.4, 0.5) is 0 Å². The number of benzene rings is 1. The molecule has 2 nitrogen and oxygen atoms in total. The van der Waals surface area contributed by atoms with Crippen molar-refractivity contribution in [1.82, 2.24) is 0 Å². The first-order valence-corrected chi connectivity index (χ1v) is 6.03. The van der Waals surface area contributed by atoms with E-state index in [1.807, 2.05) is 0 Å². The quantitative estimate of drug-likeness (QED) is 0.848. The predicted octanol–water partition coefficient (Wildman–Crippen LogP) is 2.64. The molecule has 0 aromatic heterocycles. The summed E-state index contributed by atoms with van der Waals surface area (Å²) in [6, 6.07) is 6.56. The van der Waals surface area contributed by atoms with E-state index < -0.39 is 0 Å². The fourth-order valence-corrected chi connectivity index (χ4v) is 2.35. The Hall–Kier alpha value is -1.02. The Kier molecular flexibility index (Phi) is 2.94. The number of rotatable bonds is 3. The summed E-state index contributed by atoms with van der Waals surface area (Å²) in [4.78, 5) is 0. The molecule has 88 valence electrons. The molecule has 16 heavy (non-hydrogen) atoms. The summed E-state index contributed by atoms with van der Waals surface area (Å²) in [5.74, 6) is 1.06. The zero-order valence-electron chi connectivity index (χ0n) is 10.4. The summed E-state index contributed by atoms with van der Waals surface area (Å²) in [6.07, 6.45) is 2.37. The third-order valence-electron chi connectivity index (χ3n) is 3.45. The molecule has 1 aromatic rings. The number of ether oxygens (including phenoxy) is 1. The van der Waals surface area contributed by atoms with Crippen LogP contribution in [0.1, 0.15) is 38.3 Å². The van der Waals surface area contributed by atoms with Crippen LogP contribution in [0.25, 0.3) is 0 Å². The van der Waals surface area contributed by atoms with Gasteiger partial charge in [0.15, 0.2) is 0 Å². The highest BCUT2D eigenvalue weighted by Crippen LogP contribution is 2.34. The van der Waals surface area contributed by atoms with Crippen LogP contribution < -0.4 is 10.5 Å². The Labute approximate surface area is 97.8 Å². The van der Waals surface area contributed by atoms with Crippen LogP contribution in [0, 0.1) is 0 Å². The van der Waals surface area contributed by atoms with Gasteiger partial charge in [-0.15, -0.1) is 0 Å². The minimum absolute atomic E-state index is 0.162. The Morgan fingerprint density at radius 3 is 2.88 bits per heavy atom. The maximum Gasteiger partial charge on any atom is 0.123 e. The maximum absolute atomic E-state index is 5.71. The molecule has 2 heteroatoms. The molecule has 0 aliphatic carbocycles. The monoisotopic (exact) mass is 219 g/mol. The van der Waals surface area contributed by atoms with E-state index >= 15 is 0 Å². The molecule has 0 amide bonds. The molecule has 0 spiro atoms. The van der Waals surface area contributed by atoms with E-state index in [9.17, 15) is 0 Å². The minimum Gasteiger partial charge on any atom is -0.490 e. The maximum atomic E-state index is 5.71. The summed E-state index contributed by atoms with van der Waals surface area (Å²) < 4.78 is 5.71. The highest BCUT2D eigenvalue weighted by molar-refractivity contribution is 5.42. The van der Waals surface area contributed by atoms with Crippen molar-refractivity contribution in [2.75, 3.05) is 6.54 Å². The molecular weight excluding hydrogens is 198 g/mol. The van der Waals surface area contributed by atoms with Crippen molar-refractivity contribution in [3.63, 3.8) is 0 Å². The fraction of sp³-hybridized carbons (Fsp3) is 0.571. The van der Waals surface area contributed by atoms with Crippen molar-refractivity contribution in [1.29, 1.82) is 0 Å². The summed E-state index contributed by atoms with van der Waals surface area (Å²) in [7, 11) is 0. The van der Waals surface area contributed by atoms with Crippen molar-refractivity contribution in [2.24, 2.45) is 5.73 Å². The van der Waals surface area contributed by atoms with Gasteiger partial charge in [-0.05, 0) is 42.5 Å². The lowest BCUT2D eigenvalue weighted by molar-refractivity contribution is 0.254. The van der Waals surface area contributed by atoms with Crippen molar-refractivity contribution in [3.05, 3.63) is 29.3 Å². The molecule has 0 radical (unpaired) electrons. The van der Waals surface area contributed by atoms with Crippen LogP contribution in [0.15, 0.2) is 18.2 Å². The van der Waals surface area contributed by atoms with Gasteiger partial charge in [-0.1, -0.05) is 26.0 Å². The number of fused-ring (bicyclic) bond motifs is 1. The predicted molar refractivity (Wildman–Crippen MR) is 66.9 cm³/mol. The standard InChI is InChI=1S/C14H21NO/c1-10-8-11-9-12(4-5-13(11)16-10)14(2,3)6-7-15/h4-5,9-10H,6-8,15H2,1-3H3. The van der Waals surface area contributed by atoms with E-state index in [4.69, 9.17) is 10.5 Å². The average Bonchev–Trinajstić information content (AvgIpc) is 2.56. The molecule has 0 saturated carbocycles. The fourth-order valence-electron chi connectivity index (χ4n) is 2.35. The van der Waals surface area contributed by atoms with Gasteiger partial charge in [-0.2, -0.15) is 0 Å². The van der Waals surface area contributed by atoms with E-state index in [0.717, 1.165) is 25.1 Å². The summed E-state index contributed by atoms with van der Waals surface area (Å²) in [5.41, 5.74) is 8.54. The van der Waals surface area contributed by atoms with Gasteiger partial charge in [0.2, 0.25) is 0 Å². The second kappa shape index (κ2) is 4.10. The third-order valence-corrected chi connectivity index (χ3v) is 3.45. The van der Waals surface area contributed by atoms with E-state index in [1.165, 1.54) is 11.1 Å². The molecular formula is C14H21NO. The molecule has 1 aromatic carbocycles. The topological polar surface area (TPSA) is 35.2 Å². The van der Waals surface area contributed by atoms with Crippen LogP contribution in [0.2, 0.25) is 0 Å². The molecule has 2 rings (SSSR count). The Morgan fingerprint density at radius 2 is 2.19 bits per heavy atom. The van der Waals surface area contributed by atoms with Crippen LogP contribution in [0.5, 0.6) is 5.75 Å². The highest BCUT2D eigenvalue weighted by Gasteiger charge is 2.24. The molecule has 2 N–H and O–H groups in total. The van der Waals surface area contributed by atoms with Gasteiger partial charge >= 0.3 is 0 Å². The van der Waals surface area contributed by atoms with Gasteiger partial charge in [0.25, 0.3) is 0 Å². The molecule has 1 aliphatic heterocycles. The van der Waals surface area contributed by atoms with Crippen molar-refractivity contribution >= 4 is 0 Å². The largest absolute Gasteiger partial charge is 0.490 e. The second-order valence-electron chi connectivity index (χ2n) is 5.38. The molecule has 1 unspecified atom stereocenters. The SMILES string of the molecule is CC1Cc2cc(C(C)(C)CCN)ccc2O1. The van der Waals surface area contributed by atoms with Crippen molar-refractivity contribution in [3.8, 4) is 5.75 Å². The molecule has 1 atom stereocenters. The summed E-state index contributed by atoms with van der Waals surface area (Å²) in [6.45, 7) is 7.35. The normalized spacial score (nSPS) is 19.4. The van der Waals surface area contributed by atoms with Crippen molar-refractivity contribution < 1.29 is 4.74 Å². The summed E-state index contributed by atoms with van der Waals surface area (Å²) >= 11 is 0. The van der Waals surface area contributed by atoms with Gasteiger partial charge in [-0.3, -0.25) is 0 Å².